The molecule has 0 aromatic carbocycles. The Hall–Kier alpha value is 0.230. The average molecular weight is 248 g/mol. The van der Waals surface area contributed by atoms with E-state index in [2.05, 4.69) is 33.1 Å². The second-order valence-electron chi connectivity index (χ2n) is 5.30. The van der Waals surface area contributed by atoms with Crippen molar-refractivity contribution in [2.24, 2.45) is 11.8 Å². The van der Waals surface area contributed by atoms with E-state index in [0.29, 0.717) is 6.04 Å². The summed E-state index contributed by atoms with van der Waals surface area (Å²) in [7, 11) is 1.76. The average Bonchev–Trinajstić information content (AvgIpc) is 2.22. The van der Waals surface area contributed by atoms with E-state index in [1.54, 1.807) is 7.11 Å². The van der Waals surface area contributed by atoms with Crippen LogP contribution in [0.15, 0.2) is 0 Å². The number of methoxy groups -OCH3 is 1. The molecule has 98 valence electrons. The SMILES string of the molecule is COC(C)(C)CCC(CSCC(C)C)NN. The molecule has 1 atom stereocenters. The molecule has 0 aliphatic carbocycles. The van der Waals surface area contributed by atoms with Crippen LogP contribution in [0.5, 0.6) is 0 Å². The van der Waals surface area contributed by atoms with Crippen LogP contribution in [-0.2, 0) is 4.74 Å². The molecule has 3 nitrogen and oxygen atoms in total. The molecule has 0 bridgehead atoms. The number of hydrogen-bond acceptors (Lipinski definition) is 4. The Morgan fingerprint density at radius 2 is 1.94 bits per heavy atom. The van der Waals surface area contributed by atoms with Gasteiger partial charge in [-0.15, -0.1) is 0 Å². The standard InChI is InChI=1S/C12H28N2OS/c1-10(2)8-16-9-11(14-13)6-7-12(3,4)15-5/h10-11,14H,6-9,13H2,1-5H3. The quantitative estimate of drug-likeness (QED) is 0.486. The van der Waals surface area contributed by atoms with Gasteiger partial charge in [-0.3, -0.25) is 11.3 Å². The molecule has 0 spiro atoms. The minimum atomic E-state index is -0.0438. The number of hydrazine groups is 1. The number of ether oxygens (including phenoxy) is 1. The molecule has 0 aromatic heterocycles. The first-order chi connectivity index (χ1) is 7.41. The predicted molar refractivity (Wildman–Crippen MR) is 73.6 cm³/mol. The van der Waals surface area contributed by atoms with Gasteiger partial charge < -0.3 is 4.74 Å². The van der Waals surface area contributed by atoms with Gasteiger partial charge >= 0.3 is 0 Å². The maximum absolute atomic E-state index is 5.56. The molecule has 4 heteroatoms. The summed E-state index contributed by atoms with van der Waals surface area (Å²) in [5, 5.41) is 0. The molecule has 0 aliphatic rings. The molecule has 0 amide bonds. The summed E-state index contributed by atoms with van der Waals surface area (Å²) in [6.07, 6.45) is 2.09. The van der Waals surface area contributed by atoms with Gasteiger partial charge in [0.25, 0.3) is 0 Å². The van der Waals surface area contributed by atoms with E-state index in [4.69, 9.17) is 10.6 Å². The Morgan fingerprint density at radius 3 is 2.38 bits per heavy atom. The van der Waals surface area contributed by atoms with Crippen molar-refractivity contribution >= 4 is 11.8 Å². The van der Waals surface area contributed by atoms with Crippen molar-refractivity contribution in [2.75, 3.05) is 18.6 Å². The van der Waals surface area contributed by atoms with Crippen molar-refractivity contribution in [1.29, 1.82) is 0 Å². The zero-order chi connectivity index (χ0) is 12.6. The molecule has 0 heterocycles. The lowest BCUT2D eigenvalue weighted by atomic mass is 10.00. The predicted octanol–water partition coefficient (Wildman–Crippen LogP) is 2.41. The van der Waals surface area contributed by atoms with Gasteiger partial charge in [-0.2, -0.15) is 11.8 Å². The van der Waals surface area contributed by atoms with Crippen LogP contribution in [0.2, 0.25) is 0 Å². The summed E-state index contributed by atoms with van der Waals surface area (Å²) in [6.45, 7) is 8.71. The molecule has 3 N–H and O–H groups in total. The van der Waals surface area contributed by atoms with Gasteiger partial charge in [0, 0.05) is 18.9 Å². The van der Waals surface area contributed by atoms with Crippen LogP contribution in [0, 0.1) is 5.92 Å². The molecule has 0 saturated carbocycles. The Morgan fingerprint density at radius 1 is 1.31 bits per heavy atom. The number of hydrogen-bond donors (Lipinski definition) is 2. The molecule has 16 heavy (non-hydrogen) atoms. The van der Waals surface area contributed by atoms with E-state index >= 15 is 0 Å². The molecule has 0 aliphatic heterocycles. The highest BCUT2D eigenvalue weighted by Crippen LogP contribution is 2.18. The molecule has 0 saturated heterocycles. The summed E-state index contributed by atoms with van der Waals surface area (Å²) in [4.78, 5) is 0. The maximum Gasteiger partial charge on any atom is 0.0623 e. The number of nitrogens with two attached hydrogens (primary N) is 1. The van der Waals surface area contributed by atoms with Crippen molar-refractivity contribution in [1.82, 2.24) is 5.43 Å². The second kappa shape index (κ2) is 8.34. The third-order valence-corrected chi connectivity index (χ3v) is 4.19. The van der Waals surface area contributed by atoms with Gasteiger partial charge in [0.2, 0.25) is 0 Å². The van der Waals surface area contributed by atoms with E-state index in [1.807, 2.05) is 11.8 Å². The Kier molecular flexibility index (Phi) is 8.46. The molecule has 0 fully saturated rings. The molecule has 0 radical (unpaired) electrons. The van der Waals surface area contributed by atoms with E-state index in [1.165, 1.54) is 5.75 Å². The summed E-state index contributed by atoms with van der Waals surface area (Å²) in [5.74, 6) is 8.58. The van der Waals surface area contributed by atoms with Crippen molar-refractivity contribution in [3.8, 4) is 0 Å². The monoisotopic (exact) mass is 248 g/mol. The zero-order valence-electron chi connectivity index (χ0n) is 11.4. The minimum Gasteiger partial charge on any atom is -0.379 e. The number of nitrogens with one attached hydrogen (secondary N) is 1. The van der Waals surface area contributed by atoms with Crippen LogP contribution in [0.1, 0.15) is 40.5 Å². The van der Waals surface area contributed by atoms with Gasteiger partial charge in [0.05, 0.1) is 5.60 Å². The van der Waals surface area contributed by atoms with E-state index in [-0.39, 0.29) is 5.60 Å². The van der Waals surface area contributed by atoms with Crippen LogP contribution >= 0.6 is 11.8 Å². The highest BCUT2D eigenvalue weighted by Gasteiger charge is 2.18. The fourth-order valence-corrected chi connectivity index (χ4v) is 2.44. The lowest BCUT2D eigenvalue weighted by Crippen LogP contribution is -2.39. The molecule has 0 rings (SSSR count). The molecule has 1 unspecified atom stereocenters. The third-order valence-electron chi connectivity index (χ3n) is 2.65. The van der Waals surface area contributed by atoms with Gasteiger partial charge in [0.1, 0.15) is 0 Å². The highest BCUT2D eigenvalue weighted by molar-refractivity contribution is 7.99. The van der Waals surface area contributed by atoms with Crippen LogP contribution in [0.3, 0.4) is 0 Å². The Labute approximate surface area is 105 Å². The van der Waals surface area contributed by atoms with Crippen molar-refractivity contribution < 1.29 is 4.74 Å². The first-order valence-corrected chi connectivity index (χ1v) is 7.15. The highest BCUT2D eigenvalue weighted by atomic mass is 32.2. The fourth-order valence-electron chi connectivity index (χ4n) is 1.28. The van der Waals surface area contributed by atoms with Crippen LogP contribution in [0.4, 0.5) is 0 Å². The van der Waals surface area contributed by atoms with E-state index in [0.717, 1.165) is 24.5 Å². The summed E-state index contributed by atoms with van der Waals surface area (Å²) in [5.41, 5.74) is 2.85. The van der Waals surface area contributed by atoms with Crippen molar-refractivity contribution in [3.05, 3.63) is 0 Å². The Balaban J connectivity index is 3.75. The van der Waals surface area contributed by atoms with Crippen molar-refractivity contribution in [3.63, 3.8) is 0 Å². The molecule has 0 aromatic rings. The topological polar surface area (TPSA) is 47.3 Å². The Bertz CT molecular complexity index is 174. The lowest BCUT2D eigenvalue weighted by molar-refractivity contribution is 0.0122. The third kappa shape index (κ3) is 8.39. The first kappa shape index (κ1) is 16.2. The van der Waals surface area contributed by atoms with E-state index in [9.17, 15) is 0 Å². The minimum absolute atomic E-state index is 0.0438. The summed E-state index contributed by atoms with van der Waals surface area (Å²) in [6, 6.07) is 0.387. The van der Waals surface area contributed by atoms with Crippen molar-refractivity contribution in [2.45, 2.75) is 52.2 Å². The van der Waals surface area contributed by atoms with Crippen LogP contribution < -0.4 is 11.3 Å². The zero-order valence-corrected chi connectivity index (χ0v) is 12.2. The van der Waals surface area contributed by atoms with Gasteiger partial charge in [-0.05, 0) is 38.4 Å². The number of rotatable bonds is 9. The lowest BCUT2D eigenvalue weighted by Gasteiger charge is -2.25. The summed E-state index contributed by atoms with van der Waals surface area (Å²) < 4.78 is 5.40. The molecular weight excluding hydrogens is 220 g/mol. The number of thioether (sulfide) groups is 1. The summed E-state index contributed by atoms with van der Waals surface area (Å²) >= 11 is 1.97. The normalized spacial score (nSPS) is 14.4. The van der Waals surface area contributed by atoms with Crippen LogP contribution in [0.25, 0.3) is 0 Å². The second-order valence-corrected chi connectivity index (χ2v) is 6.37. The first-order valence-electron chi connectivity index (χ1n) is 6.00. The van der Waals surface area contributed by atoms with Gasteiger partial charge in [-0.25, -0.2) is 0 Å². The maximum atomic E-state index is 5.56. The molecular formula is C12H28N2OS. The van der Waals surface area contributed by atoms with Gasteiger partial charge in [0.15, 0.2) is 0 Å². The smallest absolute Gasteiger partial charge is 0.0623 e. The fraction of sp³-hybridized carbons (Fsp3) is 1.00. The van der Waals surface area contributed by atoms with Crippen LogP contribution in [-0.4, -0.2) is 30.3 Å². The van der Waals surface area contributed by atoms with E-state index < -0.39 is 0 Å². The largest absolute Gasteiger partial charge is 0.379 e. The van der Waals surface area contributed by atoms with Gasteiger partial charge in [-0.1, -0.05) is 13.8 Å².